The van der Waals surface area contributed by atoms with Crippen molar-refractivity contribution in [1.29, 1.82) is 0 Å². The van der Waals surface area contributed by atoms with E-state index in [1.54, 1.807) is 30.5 Å². The molecule has 1 aliphatic heterocycles. The number of ketones is 2. The Morgan fingerprint density at radius 1 is 1.08 bits per heavy atom. The summed E-state index contributed by atoms with van der Waals surface area (Å²) < 4.78 is 21.9. The minimum absolute atomic E-state index is 0.00176. The molecule has 3 rings (SSSR count). The maximum absolute atomic E-state index is 12.8. The molecule has 0 unspecified atom stereocenters. The van der Waals surface area contributed by atoms with Gasteiger partial charge in [-0.1, -0.05) is 6.07 Å². The second kappa shape index (κ2) is 7.86. The minimum atomic E-state index is -0.278. The molecule has 2 aromatic rings. The Morgan fingerprint density at radius 2 is 1.85 bits per heavy atom. The van der Waals surface area contributed by atoms with Crippen molar-refractivity contribution in [1.82, 2.24) is 4.98 Å². The first-order chi connectivity index (χ1) is 12.7. The number of Topliss-reactive ketones (excluding diaryl/α,β-unsaturated/α-hetero) is 2. The topological polar surface area (TPSA) is 84.0 Å². The van der Waals surface area contributed by atoms with E-state index in [-0.39, 0.29) is 35.7 Å². The fourth-order valence-electron chi connectivity index (χ4n) is 2.76. The van der Waals surface area contributed by atoms with E-state index in [9.17, 15) is 9.59 Å². The first-order valence-electron chi connectivity index (χ1n) is 8.17. The number of benzene rings is 1. The van der Waals surface area contributed by atoms with E-state index in [1.165, 1.54) is 14.2 Å². The molecule has 2 heterocycles. The third-order valence-corrected chi connectivity index (χ3v) is 3.99. The quantitative estimate of drug-likeness (QED) is 0.705. The van der Waals surface area contributed by atoms with Crippen LogP contribution >= 0.6 is 0 Å². The number of carbonyl (C=O) groups excluding carboxylic acids is 2. The standard InChI is InChI=1S/C19H19NO6/c1-23-15-11-16-18(26-10-9-25-16)19(24-2)17(15)14(22)7-6-13(21)12-5-3-4-8-20-12/h3-5,8,11H,6-7,9-10H2,1-2H3. The molecule has 0 saturated carbocycles. The number of fused-ring (bicyclic) bond motifs is 1. The van der Waals surface area contributed by atoms with E-state index in [0.717, 1.165) is 0 Å². The molecule has 0 aliphatic carbocycles. The largest absolute Gasteiger partial charge is 0.496 e. The van der Waals surface area contributed by atoms with Gasteiger partial charge >= 0.3 is 0 Å². The summed E-state index contributed by atoms with van der Waals surface area (Å²) in [7, 11) is 2.91. The molecule has 1 aromatic carbocycles. The van der Waals surface area contributed by atoms with Crippen LogP contribution < -0.4 is 18.9 Å². The van der Waals surface area contributed by atoms with Crippen LogP contribution in [0.4, 0.5) is 0 Å². The normalized spacial score (nSPS) is 12.4. The maximum atomic E-state index is 12.8. The van der Waals surface area contributed by atoms with Crippen LogP contribution in [0.15, 0.2) is 30.5 Å². The predicted octanol–water partition coefficient (Wildman–Crippen LogP) is 2.72. The molecular formula is C19H19NO6. The fraction of sp³-hybridized carbons (Fsp3) is 0.316. The highest BCUT2D eigenvalue weighted by Crippen LogP contribution is 2.47. The number of methoxy groups -OCH3 is 2. The number of aromatic nitrogens is 1. The molecule has 0 atom stereocenters. The lowest BCUT2D eigenvalue weighted by Crippen LogP contribution is -2.18. The van der Waals surface area contributed by atoms with Gasteiger partial charge in [-0.05, 0) is 12.1 Å². The van der Waals surface area contributed by atoms with E-state index in [4.69, 9.17) is 18.9 Å². The summed E-state index contributed by atoms with van der Waals surface area (Å²) in [6, 6.07) is 6.69. The van der Waals surface area contributed by atoms with Gasteiger partial charge in [-0.25, -0.2) is 0 Å². The SMILES string of the molecule is COc1cc2c(c(OC)c1C(=O)CCC(=O)c1ccccn1)OCCO2. The van der Waals surface area contributed by atoms with Gasteiger partial charge in [0.25, 0.3) is 0 Å². The number of pyridine rings is 1. The molecule has 1 aliphatic rings. The van der Waals surface area contributed by atoms with E-state index in [2.05, 4.69) is 4.98 Å². The highest BCUT2D eigenvalue weighted by atomic mass is 16.6. The molecule has 0 spiro atoms. The van der Waals surface area contributed by atoms with E-state index >= 15 is 0 Å². The average molecular weight is 357 g/mol. The summed E-state index contributed by atoms with van der Waals surface area (Å²) in [4.78, 5) is 29.0. The molecule has 26 heavy (non-hydrogen) atoms. The van der Waals surface area contributed by atoms with Gasteiger partial charge in [0.1, 0.15) is 30.2 Å². The van der Waals surface area contributed by atoms with Gasteiger partial charge in [-0.15, -0.1) is 0 Å². The van der Waals surface area contributed by atoms with Gasteiger partial charge in [0.15, 0.2) is 23.1 Å². The zero-order valence-electron chi connectivity index (χ0n) is 14.6. The lowest BCUT2D eigenvalue weighted by molar-refractivity contribution is 0.0910. The Morgan fingerprint density at radius 3 is 2.54 bits per heavy atom. The van der Waals surface area contributed by atoms with Gasteiger partial charge in [-0.3, -0.25) is 14.6 Å². The van der Waals surface area contributed by atoms with Crippen molar-refractivity contribution in [2.24, 2.45) is 0 Å². The summed E-state index contributed by atoms with van der Waals surface area (Å²) in [5.41, 5.74) is 0.578. The summed E-state index contributed by atoms with van der Waals surface area (Å²) in [5.74, 6) is 0.940. The zero-order valence-corrected chi connectivity index (χ0v) is 14.6. The van der Waals surface area contributed by atoms with E-state index in [0.29, 0.717) is 36.2 Å². The van der Waals surface area contributed by atoms with Crippen LogP contribution in [-0.4, -0.2) is 44.0 Å². The Labute approximate surface area is 150 Å². The highest BCUT2D eigenvalue weighted by Gasteiger charge is 2.28. The number of carbonyl (C=O) groups is 2. The van der Waals surface area contributed by atoms with Crippen LogP contribution in [0.2, 0.25) is 0 Å². The van der Waals surface area contributed by atoms with Crippen LogP contribution in [0.5, 0.6) is 23.0 Å². The van der Waals surface area contributed by atoms with Crippen molar-refractivity contribution in [2.45, 2.75) is 12.8 Å². The lowest BCUT2D eigenvalue weighted by atomic mass is 10.0. The number of nitrogens with zero attached hydrogens (tertiary/aromatic N) is 1. The number of hydrogen-bond donors (Lipinski definition) is 0. The monoisotopic (exact) mass is 357 g/mol. The lowest BCUT2D eigenvalue weighted by Gasteiger charge is -2.23. The Hall–Kier alpha value is -3.09. The van der Waals surface area contributed by atoms with Crippen LogP contribution in [0, 0.1) is 0 Å². The fourth-order valence-corrected chi connectivity index (χ4v) is 2.76. The number of ether oxygens (including phenoxy) is 4. The van der Waals surface area contributed by atoms with Gasteiger partial charge in [-0.2, -0.15) is 0 Å². The van der Waals surface area contributed by atoms with Crippen molar-refractivity contribution in [3.63, 3.8) is 0 Å². The summed E-state index contributed by atoms with van der Waals surface area (Å²) >= 11 is 0. The Bertz CT molecular complexity index is 819. The summed E-state index contributed by atoms with van der Waals surface area (Å²) in [6.07, 6.45) is 1.58. The van der Waals surface area contributed by atoms with Crippen molar-refractivity contribution < 1.29 is 28.5 Å². The Kier molecular flexibility index (Phi) is 5.36. The third-order valence-electron chi connectivity index (χ3n) is 3.99. The van der Waals surface area contributed by atoms with Crippen LogP contribution in [-0.2, 0) is 0 Å². The second-order valence-electron chi connectivity index (χ2n) is 5.57. The Balaban J connectivity index is 1.85. The van der Waals surface area contributed by atoms with Gasteiger partial charge in [0.05, 0.1) is 14.2 Å². The molecule has 0 radical (unpaired) electrons. The smallest absolute Gasteiger partial charge is 0.204 e. The van der Waals surface area contributed by atoms with Gasteiger partial charge < -0.3 is 18.9 Å². The van der Waals surface area contributed by atoms with Gasteiger partial charge in [0, 0.05) is 25.1 Å². The van der Waals surface area contributed by atoms with Crippen molar-refractivity contribution in [3.05, 3.63) is 41.7 Å². The first-order valence-corrected chi connectivity index (χ1v) is 8.17. The molecule has 1 aromatic heterocycles. The second-order valence-corrected chi connectivity index (χ2v) is 5.57. The molecule has 7 heteroatoms. The molecular weight excluding hydrogens is 338 g/mol. The van der Waals surface area contributed by atoms with Crippen molar-refractivity contribution >= 4 is 11.6 Å². The van der Waals surface area contributed by atoms with Crippen molar-refractivity contribution in [3.8, 4) is 23.0 Å². The summed E-state index contributed by atoms with van der Waals surface area (Å²) in [6.45, 7) is 0.770. The molecule has 0 N–H and O–H groups in total. The van der Waals surface area contributed by atoms with E-state index in [1.807, 2.05) is 0 Å². The zero-order chi connectivity index (χ0) is 18.5. The third kappa shape index (κ3) is 3.46. The summed E-state index contributed by atoms with van der Waals surface area (Å²) in [5, 5.41) is 0. The minimum Gasteiger partial charge on any atom is -0.496 e. The van der Waals surface area contributed by atoms with Gasteiger partial charge in [0.2, 0.25) is 5.75 Å². The highest BCUT2D eigenvalue weighted by molar-refractivity contribution is 6.05. The van der Waals surface area contributed by atoms with Crippen LogP contribution in [0.3, 0.4) is 0 Å². The predicted molar refractivity (Wildman–Crippen MR) is 92.7 cm³/mol. The molecule has 0 amide bonds. The number of hydrogen-bond acceptors (Lipinski definition) is 7. The van der Waals surface area contributed by atoms with Crippen molar-refractivity contribution in [2.75, 3.05) is 27.4 Å². The van der Waals surface area contributed by atoms with Crippen LogP contribution in [0.25, 0.3) is 0 Å². The molecule has 136 valence electrons. The van der Waals surface area contributed by atoms with E-state index < -0.39 is 0 Å². The maximum Gasteiger partial charge on any atom is 0.204 e. The molecule has 0 fully saturated rings. The average Bonchev–Trinajstić information content (AvgIpc) is 2.70. The molecule has 0 bridgehead atoms. The first kappa shape index (κ1) is 17.7. The van der Waals surface area contributed by atoms with Crippen LogP contribution in [0.1, 0.15) is 33.7 Å². The molecule has 7 nitrogen and oxygen atoms in total. The number of rotatable bonds is 7. The molecule has 0 saturated heterocycles.